The Morgan fingerprint density at radius 1 is 1.46 bits per heavy atom. The Labute approximate surface area is 90.4 Å². The van der Waals surface area contributed by atoms with Crippen molar-refractivity contribution >= 4 is 40.7 Å². The number of Topliss-reactive ketones (excluding diaryl/α,β-unsaturated/α-hetero) is 1. The van der Waals surface area contributed by atoms with Crippen LogP contribution < -0.4 is 0 Å². The fourth-order valence-corrected chi connectivity index (χ4v) is 2.66. The second-order valence-electron chi connectivity index (χ2n) is 2.78. The molecule has 1 aromatic carbocycles. The summed E-state index contributed by atoms with van der Waals surface area (Å²) in [6.07, 6.45) is 0. The van der Waals surface area contributed by atoms with Crippen LogP contribution in [0.2, 0.25) is 5.02 Å². The molecular weight excluding hydrogens is 227 g/mol. The first kappa shape index (κ1) is 9.38. The molecule has 0 amide bonds. The first-order valence-corrected chi connectivity index (χ1v) is 5.59. The monoisotopic (exact) mass is 232 g/mol. The average molecular weight is 233 g/mol. The van der Waals surface area contributed by atoms with Gasteiger partial charge in [0, 0.05) is 21.2 Å². The Bertz CT molecular complexity index is 365. The minimum atomic E-state index is -0.407. The lowest BCUT2D eigenvalue weighted by Gasteiger charge is -2.17. The molecule has 1 unspecified atom stereocenters. The minimum absolute atomic E-state index is 0.0158. The van der Waals surface area contributed by atoms with Gasteiger partial charge in [-0.3, -0.25) is 4.79 Å². The molecule has 0 saturated heterocycles. The molecule has 0 saturated carbocycles. The molecule has 1 atom stereocenters. The highest BCUT2D eigenvalue weighted by Crippen LogP contribution is 2.33. The molecule has 0 fully saturated rings. The van der Waals surface area contributed by atoms with Crippen molar-refractivity contribution in [2.24, 2.45) is 0 Å². The molecule has 2 rings (SSSR count). The molecular formula is C9H6Cl2OS. The molecule has 0 aromatic heterocycles. The van der Waals surface area contributed by atoms with Crippen molar-refractivity contribution in [2.75, 3.05) is 5.75 Å². The highest BCUT2D eigenvalue weighted by atomic mass is 35.5. The summed E-state index contributed by atoms with van der Waals surface area (Å²) >= 11 is 13.2. The third-order valence-corrected chi connectivity index (χ3v) is 3.81. The number of alkyl halides is 1. The van der Waals surface area contributed by atoms with Gasteiger partial charge in [0.1, 0.15) is 5.38 Å². The summed E-state index contributed by atoms with van der Waals surface area (Å²) in [6.45, 7) is 0. The van der Waals surface area contributed by atoms with E-state index in [0.29, 0.717) is 16.3 Å². The summed E-state index contributed by atoms with van der Waals surface area (Å²) in [7, 11) is 0. The molecule has 1 aliphatic heterocycles. The summed E-state index contributed by atoms with van der Waals surface area (Å²) in [5, 5.41) is 0.175. The van der Waals surface area contributed by atoms with Gasteiger partial charge in [-0.05, 0) is 18.2 Å². The number of ketones is 1. The number of hydrogen-bond donors (Lipinski definition) is 0. The van der Waals surface area contributed by atoms with Crippen LogP contribution in [0.5, 0.6) is 0 Å². The van der Waals surface area contributed by atoms with Crippen LogP contribution in [0, 0.1) is 0 Å². The van der Waals surface area contributed by atoms with E-state index in [1.807, 2.05) is 6.07 Å². The van der Waals surface area contributed by atoms with E-state index in [2.05, 4.69) is 0 Å². The number of carbonyl (C=O) groups is 1. The molecule has 1 heterocycles. The normalized spacial score (nSPS) is 21.4. The number of halogens is 2. The number of benzene rings is 1. The maximum atomic E-state index is 11.6. The van der Waals surface area contributed by atoms with Gasteiger partial charge in [-0.2, -0.15) is 0 Å². The summed E-state index contributed by atoms with van der Waals surface area (Å²) in [4.78, 5) is 12.5. The van der Waals surface area contributed by atoms with Crippen LogP contribution >= 0.6 is 35.0 Å². The first-order valence-electron chi connectivity index (χ1n) is 3.79. The number of thioether (sulfide) groups is 1. The molecule has 0 bridgehead atoms. The maximum absolute atomic E-state index is 11.6. The molecule has 0 N–H and O–H groups in total. The maximum Gasteiger partial charge on any atom is 0.182 e. The van der Waals surface area contributed by atoms with Gasteiger partial charge in [-0.15, -0.1) is 23.4 Å². The molecule has 0 aliphatic carbocycles. The van der Waals surface area contributed by atoms with Crippen LogP contribution in [0.15, 0.2) is 23.1 Å². The topological polar surface area (TPSA) is 17.1 Å². The summed E-state index contributed by atoms with van der Waals surface area (Å²) < 4.78 is 0. The van der Waals surface area contributed by atoms with E-state index in [4.69, 9.17) is 23.2 Å². The SMILES string of the molecule is O=C1c2cc(Cl)ccc2SCC1Cl. The highest BCUT2D eigenvalue weighted by molar-refractivity contribution is 7.99. The van der Waals surface area contributed by atoms with Crippen molar-refractivity contribution in [3.63, 3.8) is 0 Å². The van der Waals surface area contributed by atoms with Gasteiger partial charge in [0.2, 0.25) is 0 Å². The highest BCUT2D eigenvalue weighted by Gasteiger charge is 2.25. The van der Waals surface area contributed by atoms with Crippen LogP contribution in [0.1, 0.15) is 10.4 Å². The lowest BCUT2D eigenvalue weighted by atomic mass is 10.1. The van der Waals surface area contributed by atoms with Gasteiger partial charge in [0.15, 0.2) is 5.78 Å². The van der Waals surface area contributed by atoms with Crippen molar-refractivity contribution in [3.05, 3.63) is 28.8 Å². The van der Waals surface area contributed by atoms with Crippen molar-refractivity contribution in [1.29, 1.82) is 0 Å². The zero-order valence-corrected chi connectivity index (χ0v) is 8.92. The number of carbonyl (C=O) groups excluding carboxylic acids is 1. The lowest BCUT2D eigenvalue weighted by molar-refractivity contribution is 0.0988. The van der Waals surface area contributed by atoms with Gasteiger partial charge in [-0.1, -0.05) is 11.6 Å². The van der Waals surface area contributed by atoms with Crippen LogP contribution in [-0.2, 0) is 0 Å². The average Bonchev–Trinajstić information content (AvgIpc) is 2.12. The second-order valence-corrected chi connectivity index (χ2v) is 4.81. The molecule has 4 heteroatoms. The largest absolute Gasteiger partial charge is 0.292 e. The predicted octanol–water partition coefficient (Wildman–Crippen LogP) is 3.24. The smallest absolute Gasteiger partial charge is 0.182 e. The van der Waals surface area contributed by atoms with E-state index >= 15 is 0 Å². The molecule has 13 heavy (non-hydrogen) atoms. The molecule has 1 aliphatic rings. The third-order valence-electron chi connectivity index (χ3n) is 1.88. The molecule has 68 valence electrons. The van der Waals surface area contributed by atoms with E-state index in [0.717, 1.165) is 4.90 Å². The Balaban J connectivity index is 2.51. The van der Waals surface area contributed by atoms with Crippen molar-refractivity contribution in [1.82, 2.24) is 0 Å². The van der Waals surface area contributed by atoms with Crippen molar-refractivity contribution in [2.45, 2.75) is 10.3 Å². The van der Waals surface area contributed by atoms with E-state index < -0.39 is 5.38 Å². The summed E-state index contributed by atoms with van der Waals surface area (Å²) in [5.74, 6) is 0.632. The Hall–Kier alpha value is -0.180. The van der Waals surface area contributed by atoms with E-state index in [-0.39, 0.29) is 5.78 Å². The fourth-order valence-electron chi connectivity index (χ4n) is 1.23. The summed E-state index contributed by atoms with van der Waals surface area (Å²) in [6, 6.07) is 5.33. The predicted molar refractivity (Wildman–Crippen MR) is 56.1 cm³/mol. The van der Waals surface area contributed by atoms with Gasteiger partial charge in [0.05, 0.1) is 0 Å². The zero-order valence-electron chi connectivity index (χ0n) is 6.59. The van der Waals surface area contributed by atoms with Crippen LogP contribution in [0.4, 0.5) is 0 Å². The van der Waals surface area contributed by atoms with E-state index in [1.54, 1.807) is 23.9 Å². The standard InChI is InChI=1S/C9H6Cl2OS/c10-5-1-2-8-6(3-5)9(12)7(11)4-13-8/h1-3,7H,4H2. The minimum Gasteiger partial charge on any atom is -0.292 e. The Kier molecular flexibility index (Phi) is 2.54. The van der Waals surface area contributed by atoms with Gasteiger partial charge in [-0.25, -0.2) is 0 Å². The number of hydrogen-bond acceptors (Lipinski definition) is 2. The third kappa shape index (κ3) is 1.71. The van der Waals surface area contributed by atoms with Gasteiger partial charge < -0.3 is 0 Å². The van der Waals surface area contributed by atoms with Crippen LogP contribution in [0.25, 0.3) is 0 Å². The van der Waals surface area contributed by atoms with E-state index in [1.165, 1.54) is 0 Å². The first-order chi connectivity index (χ1) is 6.18. The van der Waals surface area contributed by atoms with Gasteiger partial charge >= 0.3 is 0 Å². The van der Waals surface area contributed by atoms with Crippen molar-refractivity contribution in [3.8, 4) is 0 Å². The van der Waals surface area contributed by atoms with E-state index in [9.17, 15) is 4.79 Å². The lowest BCUT2D eigenvalue weighted by Crippen LogP contribution is -2.22. The quantitative estimate of drug-likeness (QED) is 0.640. The molecule has 0 spiro atoms. The zero-order chi connectivity index (χ0) is 9.42. The summed E-state index contributed by atoms with van der Waals surface area (Å²) in [5.41, 5.74) is 0.656. The number of rotatable bonds is 0. The van der Waals surface area contributed by atoms with Crippen LogP contribution in [0.3, 0.4) is 0 Å². The second kappa shape index (κ2) is 3.52. The molecule has 1 aromatic rings. The van der Waals surface area contributed by atoms with Crippen molar-refractivity contribution < 1.29 is 4.79 Å². The van der Waals surface area contributed by atoms with Crippen LogP contribution in [-0.4, -0.2) is 16.9 Å². The Morgan fingerprint density at radius 2 is 2.23 bits per heavy atom. The fraction of sp³-hybridized carbons (Fsp3) is 0.222. The molecule has 0 radical (unpaired) electrons. The van der Waals surface area contributed by atoms with Gasteiger partial charge in [0.25, 0.3) is 0 Å². The number of fused-ring (bicyclic) bond motifs is 1. The Morgan fingerprint density at radius 3 is 3.00 bits per heavy atom. The molecule has 1 nitrogen and oxygen atoms in total.